The quantitative estimate of drug-likeness (QED) is 0.846. The fourth-order valence-corrected chi connectivity index (χ4v) is 2.53. The summed E-state index contributed by atoms with van der Waals surface area (Å²) >= 11 is 0. The van der Waals surface area contributed by atoms with Gasteiger partial charge in [-0.25, -0.2) is 0 Å². The molecule has 2 rings (SSSR count). The number of piperidine rings is 1. The molecule has 0 bridgehead atoms. The fraction of sp³-hybridized carbons (Fsp3) is 0.692. The molecule has 90 valence electrons. The Morgan fingerprint density at radius 3 is 2.69 bits per heavy atom. The van der Waals surface area contributed by atoms with Crippen LogP contribution >= 0.6 is 0 Å². The molecule has 1 aliphatic heterocycles. The van der Waals surface area contributed by atoms with Crippen LogP contribution in [-0.4, -0.2) is 28.7 Å². The Kier molecular flexibility index (Phi) is 4.02. The number of nitrogens with zero attached hydrogens (tertiary/aromatic N) is 2. The van der Waals surface area contributed by atoms with E-state index in [-0.39, 0.29) is 6.17 Å². The summed E-state index contributed by atoms with van der Waals surface area (Å²) in [5.41, 5.74) is 6.23. The minimum atomic E-state index is 0.243. The van der Waals surface area contributed by atoms with Crippen molar-refractivity contribution in [3.05, 3.63) is 24.5 Å². The van der Waals surface area contributed by atoms with Crippen molar-refractivity contribution in [3.63, 3.8) is 0 Å². The zero-order valence-corrected chi connectivity index (χ0v) is 10.2. The Morgan fingerprint density at radius 1 is 1.31 bits per heavy atom. The van der Waals surface area contributed by atoms with Gasteiger partial charge in [-0.15, -0.1) is 0 Å². The molecule has 16 heavy (non-hydrogen) atoms. The molecule has 0 saturated carbocycles. The van der Waals surface area contributed by atoms with Gasteiger partial charge in [0.2, 0.25) is 0 Å². The van der Waals surface area contributed by atoms with Gasteiger partial charge in [0.15, 0.2) is 0 Å². The largest absolute Gasteiger partial charge is 0.351 e. The molecule has 0 aliphatic carbocycles. The molecule has 1 aromatic heterocycles. The van der Waals surface area contributed by atoms with Gasteiger partial charge in [-0.2, -0.15) is 0 Å². The summed E-state index contributed by atoms with van der Waals surface area (Å²) in [5, 5.41) is 0. The van der Waals surface area contributed by atoms with Crippen LogP contribution in [0.25, 0.3) is 0 Å². The SMILES string of the molecule is CCCCN1CCC(n2cccc2)CC1N. The topological polar surface area (TPSA) is 34.2 Å². The number of likely N-dealkylation sites (tertiary alicyclic amines) is 1. The molecule has 0 amide bonds. The number of aromatic nitrogens is 1. The molecular weight excluding hydrogens is 198 g/mol. The highest BCUT2D eigenvalue weighted by Crippen LogP contribution is 2.25. The predicted molar refractivity (Wildman–Crippen MR) is 67.2 cm³/mol. The maximum Gasteiger partial charge on any atom is 0.0591 e. The van der Waals surface area contributed by atoms with Gasteiger partial charge in [0.25, 0.3) is 0 Å². The third-order valence-corrected chi connectivity index (χ3v) is 3.58. The first kappa shape index (κ1) is 11.7. The van der Waals surface area contributed by atoms with E-state index in [1.807, 2.05) is 0 Å². The number of unbranched alkanes of at least 4 members (excludes halogenated alkanes) is 1. The van der Waals surface area contributed by atoms with E-state index in [0.717, 1.165) is 19.5 Å². The maximum atomic E-state index is 6.23. The van der Waals surface area contributed by atoms with Crippen LogP contribution in [0.3, 0.4) is 0 Å². The molecule has 2 atom stereocenters. The van der Waals surface area contributed by atoms with Crippen molar-refractivity contribution in [3.8, 4) is 0 Å². The zero-order chi connectivity index (χ0) is 11.4. The first-order chi connectivity index (χ1) is 7.81. The van der Waals surface area contributed by atoms with Gasteiger partial charge in [-0.05, 0) is 37.9 Å². The standard InChI is InChI=1S/C13H23N3/c1-2-3-7-16-10-6-12(11-13(16)14)15-8-4-5-9-15/h4-5,8-9,12-13H,2-3,6-7,10-11,14H2,1H3. The third-order valence-electron chi connectivity index (χ3n) is 3.58. The van der Waals surface area contributed by atoms with Gasteiger partial charge in [0.05, 0.1) is 6.17 Å². The average molecular weight is 221 g/mol. The first-order valence-corrected chi connectivity index (χ1v) is 6.43. The van der Waals surface area contributed by atoms with Crippen LogP contribution < -0.4 is 5.73 Å². The van der Waals surface area contributed by atoms with Crippen LogP contribution in [0.15, 0.2) is 24.5 Å². The molecular formula is C13H23N3. The van der Waals surface area contributed by atoms with Crippen molar-refractivity contribution >= 4 is 0 Å². The monoisotopic (exact) mass is 221 g/mol. The van der Waals surface area contributed by atoms with Crippen LogP contribution in [0.5, 0.6) is 0 Å². The lowest BCUT2D eigenvalue weighted by Crippen LogP contribution is -2.48. The van der Waals surface area contributed by atoms with Gasteiger partial charge in [-0.3, -0.25) is 4.90 Å². The number of hydrogen-bond donors (Lipinski definition) is 1. The Bertz CT molecular complexity index is 294. The second-order valence-electron chi connectivity index (χ2n) is 4.77. The summed E-state index contributed by atoms with van der Waals surface area (Å²) in [6, 6.07) is 4.78. The van der Waals surface area contributed by atoms with E-state index in [9.17, 15) is 0 Å². The van der Waals surface area contributed by atoms with Gasteiger partial charge >= 0.3 is 0 Å². The van der Waals surface area contributed by atoms with Crippen molar-refractivity contribution in [1.82, 2.24) is 9.47 Å². The minimum Gasteiger partial charge on any atom is -0.351 e. The molecule has 1 saturated heterocycles. The molecule has 0 spiro atoms. The molecule has 0 radical (unpaired) electrons. The second kappa shape index (κ2) is 5.51. The summed E-state index contributed by atoms with van der Waals surface area (Å²) < 4.78 is 2.30. The van der Waals surface area contributed by atoms with E-state index in [4.69, 9.17) is 5.73 Å². The van der Waals surface area contributed by atoms with E-state index in [1.165, 1.54) is 19.3 Å². The number of nitrogens with two attached hydrogens (primary N) is 1. The van der Waals surface area contributed by atoms with E-state index in [2.05, 4.69) is 40.9 Å². The third kappa shape index (κ3) is 2.66. The normalized spacial score (nSPS) is 27.1. The van der Waals surface area contributed by atoms with Crippen LogP contribution in [0.2, 0.25) is 0 Å². The summed E-state index contributed by atoms with van der Waals surface area (Å²) in [4.78, 5) is 2.43. The lowest BCUT2D eigenvalue weighted by Gasteiger charge is -2.37. The summed E-state index contributed by atoms with van der Waals surface area (Å²) in [5.74, 6) is 0. The molecule has 2 N–H and O–H groups in total. The maximum absolute atomic E-state index is 6.23. The Hall–Kier alpha value is -0.800. The molecule has 0 aromatic carbocycles. The van der Waals surface area contributed by atoms with Gasteiger partial charge < -0.3 is 10.3 Å². The fourth-order valence-electron chi connectivity index (χ4n) is 2.53. The Labute approximate surface area is 98.2 Å². The van der Waals surface area contributed by atoms with E-state index >= 15 is 0 Å². The zero-order valence-electron chi connectivity index (χ0n) is 10.2. The van der Waals surface area contributed by atoms with Crippen molar-refractivity contribution in [1.29, 1.82) is 0 Å². The first-order valence-electron chi connectivity index (χ1n) is 6.43. The van der Waals surface area contributed by atoms with Crippen molar-refractivity contribution < 1.29 is 0 Å². The van der Waals surface area contributed by atoms with Crippen LogP contribution in [-0.2, 0) is 0 Å². The predicted octanol–water partition coefficient (Wildman–Crippen LogP) is 2.21. The molecule has 3 heteroatoms. The molecule has 2 unspecified atom stereocenters. The van der Waals surface area contributed by atoms with Gasteiger partial charge in [-0.1, -0.05) is 13.3 Å². The lowest BCUT2D eigenvalue weighted by atomic mass is 10.0. The number of rotatable bonds is 4. The molecule has 1 aliphatic rings. The van der Waals surface area contributed by atoms with Crippen molar-refractivity contribution in [2.45, 2.75) is 44.8 Å². The molecule has 2 heterocycles. The molecule has 3 nitrogen and oxygen atoms in total. The van der Waals surface area contributed by atoms with E-state index in [1.54, 1.807) is 0 Å². The van der Waals surface area contributed by atoms with Crippen molar-refractivity contribution in [2.75, 3.05) is 13.1 Å². The van der Waals surface area contributed by atoms with Crippen LogP contribution in [0, 0.1) is 0 Å². The Morgan fingerprint density at radius 2 is 2.06 bits per heavy atom. The molecule has 1 fully saturated rings. The van der Waals surface area contributed by atoms with Crippen molar-refractivity contribution in [2.24, 2.45) is 5.73 Å². The van der Waals surface area contributed by atoms with E-state index in [0.29, 0.717) is 6.04 Å². The Balaban J connectivity index is 1.87. The molecule has 1 aromatic rings. The van der Waals surface area contributed by atoms with Gasteiger partial charge in [0.1, 0.15) is 0 Å². The summed E-state index contributed by atoms with van der Waals surface area (Å²) in [7, 11) is 0. The van der Waals surface area contributed by atoms with Crippen LogP contribution in [0.4, 0.5) is 0 Å². The highest BCUT2D eigenvalue weighted by molar-refractivity contribution is 4.95. The highest BCUT2D eigenvalue weighted by atomic mass is 15.2. The summed E-state index contributed by atoms with van der Waals surface area (Å²) in [6.45, 7) is 4.54. The smallest absolute Gasteiger partial charge is 0.0591 e. The second-order valence-corrected chi connectivity index (χ2v) is 4.77. The lowest BCUT2D eigenvalue weighted by molar-refractivity contribution is 0.117. The minimum absolute atomic E-state index is 0.243. The average Bonchev–Trinajstić information content (AvgIpc) is 2.81. The summed E-state index contributed by atoms with van der Waals surface area (Å²) in [6.07, 6.45) is 9.38. The highest BCUT2D eigenvalue weighted by Gasteiger charge is 2.25. The number of hydrogen-bond acceptors (Lipinski definition) is 2. The van der Waals surface area contributed by atoms with Crippen LogP contribution in [0.1, 0.15) is 38.6 Å². The van der Waals surface area contributed by atoms with E-state index < -0.39 is 0 Å². The van der Waals surface area contributed by atoms with Gasteiger partial charge in [0, 0.05) is 25.0 Å².